The molecule has 0 aliphatic carbocycles. The van der Waals surface area contributed by atoms with Gasteiger partial charge in [-0.05, 0) is 31.2 Å². The van der Waals surface area contributed by atoms with E-state index in [0.717, 1.165) is 16.3 Å². The summed E-state index contributed by atoms with van der Waals surface area (Å²) >= 11 is 7.32. The van der Waals surface area contributed by atoms with E-state index in [-0.39, 0.29) is 11.9 Å². The van der Waals surface area contributed by atoms with Gasteiger partial charge in [0.25, 0.3) is 5.91 Å². The van der Waals surface area contributed by atoms with Crippen molar-refractivity contribution in [1.82, 2.24) is 20.3 Å². The smallest absolute Gasteiger partial charge is 0.251 e. The van der Waals surface area contributed by atoms with E-state index in [1.54, 1.807) is 18.5 Å². The van der Waals surface area contributed by atoms with E-state index in [0.29, 0.717) is 10.7 Å². The van der Waals surface area contributed by atoms with E-state index < -0.39 is 0 Å². The second-order valence-electron chi connectivity index (χ2n) is 4.87. The largest absolute Gasteiger partial charge is 0.343 e. The molecule has 3 aromatic heterocycles. The topological polar surface area (TPSA) is 67.8 Å². The number of aromatic nitrogens is 3. The molecule has 0 aliphatic heterocycles. The molecule has 3 heterocycles. The molecule has 0 unspecified atom stereocenters. The first-order valence-electron chi connectivity index (χ1n) is 6.92. The van der Waals surface area contributed by atoms with Crippen molar-refractivity contribution in [2.24, 2.45) is 0 Å². The summed E-state index contributed by atoms with van der Waals surface area (Å²) in [6, 6.07) is 6.77. The first-order valence-corrected chi connectivity index (χ1v) is 8.17. The number of hydrogen-bond acceptors (Lipinski definition) is 5. The summed E-state index contributed by atoms with van der Waals surface area (Å²) in [4.78, 5) is 24.7. The third-order valence-electron chi connectivity index (χ3n) is 3.20. The molecule has 1 N–H and O–H groups in total. The number of nitrogens with zero attached hydrogens (tertiary/aromatic N) is 3. The number of carbonyl (C=O) groups excluding carboxylic acids is 1. The molecule has 0 aromatic carbocycles. The van der Waals surface area contributed by atoms with Gasteiger partial charge in [-0.25, -0.2) is 9.97 Å². The van der Waals surface area contributed by atoms with Crippen LogP contribution in [0.1, 0.15) is 28.3 Å². The van der Waals surface area contributed by atoms with Gasteiger partial charge >= 0.3 is 0 Å². The van der Waals surface area contributed by atoms with Gasteiger partial charge in [0.1, 0.15) is 10.2 Å². The average Bonchev–Trinajstić information content (AvgIpc) is 3.06. The number of hydrogen-bond donors (Lipinski definition) is 1. The zero-order chi connectivity index (χ0) is 16.2. The van der Waals surface area contributed by atoms with Gasteiger partial charge in [-0.2, -0.15) is 0 Å². The Kier molecular flexibility index (Phi) is 4.64. The Hall–Kier alpha value is -2.31. The maximum Gasteiger partial charge on any atom is 0.251 e. The van der Waals surface area contributed by atoms with Crippen LogP contribution in [-0.2, 0) is 0 Å². The minimum absolute atomic E-state index is 0.199. The van der Waals surface area contributed by atoms with Crippen molar-refractivity contribution < 1.29 is 4.79 Å². The van der Waals surface area contributed by atoms with Crippen molar-refractivity contribution in [1.29, 1.82) is 0 Å². The first kappa shape index (κ1) is 15.6. The standard InChI is InChI=1S/C16H13ClN4OS/c1-10(20-15(22)12-4-7-19-14(17)8-12)16-21-13(9-23-16)11-2-5-18-6-3-11/h2-10H,1H3,(H,20,22)/t10-/m1/s1. The highest BCUT2D eigenvalue weighted by Gasteiger charge is 2.15. The van der Waals surface area contributed by atoms with E-state index in [1.165, 1.54) is 23.6 Å². The molecule has 1 atom stereocenters. The Morgan fingerprint density at radius 3 is 2.78 bits per heavy atom. The summed E-state index contributed by atoms with van der Waals surface area (Å²) in [5, 5.41) is 6.01. The molecule has 5 nitrogen and oxygen atoms in total. The molecule has 23 heavy (non-hydrogen) atoms. The summed E-state index contributed by atoms with van der Waals surface area (Å²) in [7, 11) is 0. The van der Waals surface area contributed by atoms with Crippen LogP contribution < -0.4 is 5.32 Å². The van der Waals surface area contributed by atoms with Crippen molar-refractivity contribution in [3.05, 3.63) is 64.0 Å². The van der Waals surface area contributed by atoms with Gasteiger partial charge in [0.15, 0.2) is 0 Å². The van der Waals surface area contributed by atoms with E-state index in [2.05, 4.69) is 20.3 Å². The second kappa shape index (κ2) is 6.85. The van der Waals surface area contributed by atoms with E-state index >= 15 is 0 Å². The maximum atomic E-state index is 12.2. The van der Waals surface area contributed by atoms with Crippen molar-refractivity contribution in [3.63, 3.8) is 0 Å². The van der Waals surface area contributed by atoms with Crippen LogP contribution in [0.4, 0.5) is 0 Å². The molecule has 0 radical (unpaired) electrons. The molecule has 0 fully saturated rings. The number of pyridine rings is 2. The third kappa shape index (κ3) is 3.72. The van der Waals surface area contributed by atoms with Crippen LogP contribution in [0, 0.1) is 0 Å². The monoisotopic (exact) mass is 344 g/mol. The van der Waals surface area contributed by atoms with Crippen LogP contribution in [0.2, 0.25) is 5.15 Å². The molecule has 7 heteroatoms. The van der Waals surface area contributed by atoms with Gasteiger partial charge in [-0.1, -0.05) is 11.6 Å². The molecule has 0 saturated heterocycles. The lowest BCUT2D eigenvalue weighted by Crippen LogP contribution is -2.26. The molecule has 0 aliphatic rings. The summed E-state index contributed by atoms with van der Waals surface area (Å²) in [6.45, 7) is 1.90. The molecule has 0 saturated carbocycles. The van der Waals surface area contributed by atoms with E-state index in [1.807, 2.05) is 24.4 Å². The quantitative estimate of drug-likeness (QED) is 0.732. The predicted molar refractivity (Wildman–Crippen MR) is 90.5 cm³/mol. The molecule has 116 valence electrons. The Morgan fingerprint density at radius 2 is 2.04 bits per heavy atom. The Morgan fingerprint density at radius 1 is 1.26 bits per heavy atom. The Bertz CT molecular complexity index is 822. The average molecular weight is 345 g/mol. The fourth-order valence-electron chi connectivity index (χ4n) is 2.03. The molecule has 1 amide bonds. The molecular weight excluding hydrogens is 332 g/mol. The van der Waals surface area contributed by atoms with E-state index in [4.69, 9.17) is 11.6 Å². The first-order chi connectivity index (χ1) is 11.1. The number of thiazole rings is 1. The zero-order valence-electron chi connectivity index (χ0n) is 12.2. The van der Waals surface area contributed by atoms with Crippen molar-refractivity contribution >= 4 is 28.8 Å². The summed E-state index contributed by atoms with van der Waals surface area (Å²) in [5.74, 6) is -0.206. The van der Waals surface area contributed by atoms with E-state index in [9.17, 15) is 4.79 Å². The predicted octanol–water partition coefficient (Wildman–Crippen LogP) is 3.74. The van der Waals surface area contributed by atoms with Crippen LogP contribution in [-0.4, -0.2) is 20.9 Å². The van der Waals surface area contributed by atoms with Gasteiger partial charge < -0.3 is 5.32 Å². The highest BCUT2D eigenvalue weighted by atomic mass is 35.5. The second-order valence-corrected chi connectivity index (χ2v) is 6.15. The van der Waals surface area contributed by atoms with Gasteiger partial charge in [-0.15, -0.1) is 11.3 Å². The fraction of sp³-hybridized carbons (Fsp3) is 0.125. The van der Waals surface area contributed by atoms with Gasteiger partial charge in [0.05, 0.1) is 11.7 Å². The maximum absolute atomic E-state index is 12.2. The number of halogens is 1. The number of amides is 1. The van der Waals surface area contributed by atoms with Crippen LogP contribution in [0.15, 0.2) is 48.2 Å². The van der Waals surface area contributed by atoms with Gasteiger partial charge in [0.2, 0.25) is 0 Å². The van der Waals surface area contributed by atoms with Crippen molar-refractivity contribution in [3.8, 4) is 11.3 Å². The van der Waals surface area contributed by atoms with Crippen LogP contribution in [0.25, 0.3) is 11.3 Å². The summed E-state index contributed by atoms with van der Waals surface area (Å²) < 4.78 is 0. The van der Waals surface area contributed by atoms with Gasteiger partial charge in [-0.3, -0.25) is 9.78 Å². The fourth-order valence-corrected chi connectivity index (χ4v) is 3.04. The summed E-state index contributed by atoms with van der Waals surface area (Å²) in [5.41, 5.74) is 2.35. The van der Waals surface area contributed by atoms with Crippen molar-refractivity contribution in [2.45, 2.75) is 13.0 Å². The Labute approximate surface area is 142 Å². The number of carbonyl (C=O) groups is 1. The van der Waals surface area contributed by atoms with Gasteiger partial charge in [0, 0.05) is 35.1 Å². The minimum atomic E-state index is -0.206. The normalized spacial score (nSPS) is 11.9. The lowest BCUT2D eigenvalue weighted by atomic mass is 10.2. The SMILES string of the molecule is C[C@@H](NC(=O)c1ccnc(Cl)c1)c1nc(-c2ccncc2)cs1. The van der Waals surface area contributed by atoms with Crippen LogP contribution in [0.3, 0.4) is 0 Å². The molecule has 3 aromatic rings. The highest BCUT2D eigenvalue weighted by Crippen LogP contribution is 2.25. The third-order valence-corrected chi connectivity index (χ3v) is 4.44. The number of nitrogens with one attached hydrogen (secondary N) is 1. The lowest BCUT2D eigenvalue weighted by molar-refractivity contribution is 0.0939. The molecule has 3 rings (SSSR count). The van der Waals surface area contributed by atoms with Crippen LogP contribution in [0.5, 0.6) is 0 Å². The summed E-state index contributed by atoms with van der Waals surface area (Å²) in [6.07, 6.45) is 4.96. The number of rotatable bonds is 4. The Balaban J connectivity index is 1.73. The zero-order valence-corrected chi connectivity index (χ0v) is 13.8. The van der Waals surface area contributed by atoms with Crippen molar-refractivity contribution in [2.75, 3.05) is 0 Å². The highest BCUT2D eigenvalue weighted by molar-refractivity contribution is 7.10. The minimum Gasteiger partial charge on any atom is -0.343 e. The molecule has 0 spiro atoms. The molecular formula is C16H13ClN4OS. The lowest BCUT2D eigenvalue weighted by Gasteiger charge is -2.11. The van der Waals surface area contributed by atoms with Crippen LogP contribution >= 0.6 is 22.9 Å². The molecule has 0 bridgehead atoms.